The number of nitrogens with zero attached hydrogens (tertiary/aromatic N) is 1. The van der Waals surface area contributed by atoms with Crippen LogP contribution in [0.5, 0.6) is 0 Å². The molecular formula is C13H14Cl2N2O. The fourth-order valence-corrected chi connectivity index (χ4v) is 2.67. The molecule has 0 saturated carbocycles. The number of aryl methyl sites for hydroxylation is 1. The van der Waals surface area contributed by atoms with Crippen LogP contribution in [0.1, 0.15) is 25.1 Å². The van der Waals surface area contributed by atoms with Gasteiger partial charge in [0.25, 0.3) is 0 Å². The third kappa shape index (κ3) is 2.48. The van der Waals surface area contributed by atoms with Crippen molar-refractivity contribution in [3.63, 3.8) is 0 Å². The molecule has 0 radical (unpaired) electrons. The van der Waals surface area contributed by atoms with Crippen LogP contribution < -0.4 is 0 Å². The van der Waals surface area contributed by atoms with Gasteiger partial charge in [-0.1, -0.05) is 23.2 Å². The standard InChI is InChI=1S/C13H14Cl2N2O/c14-9-6-11-12(7-10(9)15)17-13(16-11)4-3-8-2-1-5-18-8/h6-8H,1-5H2,(H,16,17). The number of ether oxygens (including phenoxy) is 1. The summed E-state index contributed by atoms with van der Waals surface area (Å²) in [5.41, 5.74) is 1.80. The molecule has 2 aromatic rings. The molecule has 1 aliphatic rings. The number of aromatic amines is 1. The molecular weight excluding hydrogens is 271 g/mol. The zero-order valence-corrected chi connectivity index (χ0v) is 11.4. The molecule has 1 fully saturated rings. The summed E-state index contributed by atoms with van der Waals surface area (Å²) in [6.07, 6.45) is 4.65. The third-order valence-corrected chi connectivity index (χ3v) is 4.02. The van der Waals surface area contributed by atoms with Crippen LogP contribution in [0.3, 0.4) is 0 Å². The maximum atomic E-state index is 5.98. The second-order valence-electron chi connectivity index (χ2n) is 4.64. The Bertz CT molecular complexity index is 522. The van der Waals surface area contributed by atoms with Crippen molar-refractivity contribution >= 4 is 34.2 Å². The van der Waals surface area contributed by atoms with Gasteiger partial charge >= 0.3 is 0 Å². The van der Waals surface area contributed by atoms with E-state index in [0.717, 1.165) is 42.7 Å². The van der Waals surface area contributed by atoms with Gasteiger partial charge < -0.3 is 9.72 Å². The summed E-state index contributed by atoms with van der Waals surface area (Å²) in [5.74, 6) is 0.971. The molecule has 1 unspecified atom stereocenters. The average Bonchev–Trinajstić information content (AvgIpc) is 2.96. The van der Waals surface area contributed by atoms with Gasteiger partial charge in [-0.25, -0.2) is 4.98 Å². The lowest BCUT2D eigenvalue weighted by Gasteiger charge is -2.06. The monoisotopic (exact) mass is 284 g/mol. The van der Waals surface area contributed by atoms with E-state index in [2.05, 4.69) is 9.97 Å². The Morgan fingerprint density at radius 2 is 2.17 bits per heavy atom. The maximum absolute atomic E-state index is 5.98. The summed E-state index contributed by atoms with van der Waals surface area (Å²) in [4.78, 5) is 7.80. The van der Waals surface area contributed by atoms with Gasteiger partial charge in [0.1, 0.15) is 5.82 Å². The number of hydrogen-bond acceptors (Lipinski definition) is 2. The van der Waals surface area contributed by atoms with E-state index in [9.17, 15) is 0 Å². The van der Waals surface area contributed by atoms with Crippen LogP contribution in [-0.2, 0) is 11.2 Å². The van der Waals surface area contributed by atoms with E-state index in [1.54, 1.807) is 6.07 Å². The highest BCUT2D eigenvalue weighted by Crippen LogP contribution is 2.27. The van der Waals surface area contributed by atoms with Crippen molar-refractivity contribution in [2.45, 2.75) is 31.8 Å². The molecule has 5 heteroatoms. The molecule has 3 nitrogen and oxygen atoms in total. The topological polar surface area (TPSA) is 37.9 Å². The van der Waals surface area contributed by atoms with Crippen LogP contribution in [0, 0.1) is 0 Å². The number of aromatic nitrogens is 2. The van der Waals surface area contributed by atoms with E-state index in [0.29, 0.717) is 16.1 Å². The molecule has 18 heavy (non-hydrogen) atoms. The highest BCUT2D eigenvalue weighted by atomic mass is 35.5. The summed E-state index contributed by atoms with van der Waals surface area (Å²) in [6, 6.07) is 3.62. The summed E-state index contributed by atoms with van der Waals surface area (Å²) in [6.45, 7) is 0.899. The Kier molecular flexibility index (Phi) is 3.46. The minimum absolute atomic E-state index is 0.394. The van der Waals surface area contributed by atoms with Crippen LogP contribution in [0.2, 0.25) is 10.0 Å². The second kappa shape index (κ2) is 5.08. The molecule has 3 rings (SSSR count). The van der Waals surface area contributed by atoms with Gasteiger partial charge in [0.05, 0.1) is 27.2 Å². The normalized spacial score (nSPS) is 19.8. The largest absolute Gasteiger partial charge is 0.378 e. The molecule has 1 aromatic carbocycles. The van der Waals surface area contributed by atoms with Crippen molar-refractivity contribution in [1.82, 2.24) is 9.97 Å². The van der Waals surface area contributed by atoms with E-state index in [1.807, 2.05) is 6.07 Å². The Balaban J connectivity index is 1.76. The Morgan fingerprint density at radius 3 is 2.94 bits per heavy atom. The van der Waals surface area contributed by atoms with E-state index >= 15 is 0 Å². The molecule has 1 saturated heterocycles. The molecule has 1 aromatic heterocycles. The summed E-state index contributed by atoms with van der Waals surface area (Å²) >= 11 is 11.9. The molecule has 0 spiro atoms. The lowest BCUT2D eigenvalue weighted by atomic mass is 10.1. The third-order valence-electron chi connectivity index (χ3n) is 3.30. The first kappa shape index (κ1) is 12.3. The number of halogens is 2. The highest BCUT2D eigenvalue weighted by molar-refractivity contribution is 6.42. The van der Waals surface area contributed by atoms with Gasteiger partial charge in [0, 0.05) is 13.0 Å². The first-order valence-electron chi connectivity index (χ1n) is 6.17. The van der Waals surface area contributed by atoms with Crippen LogP contribution in [-0.4, -0.2) is 22.7 Å². The summed E-state index contributed by atoms with van der Waals surface area (Å²) in [7, 11) is 0. The number of rotatable bonds is 3. The predicted octanol–water partition coefficient (Wildman–Crippen LogP) is 3.98. The van der Waals surface area contributed by atoms with Gasteiger partial charge in [-0.2, -0.15) is 0 Å². The molecule has 0 aliphatic carbocycles. The van der Waals surface area contributed by atoms with Crippen LogP contribution in [0.4, 0.5) is 0 Å². The molecule has 1 N–H and O–H groups in total. The molecule has 1 atom stereocenters. The lowest BCUT2D eigenvalue weighted by Crippen LogP contribution is -2.06. The Labute approximate surface area is 115 Å². The van der Waals surface area contributed by atoms with Gasteiger partial charge in [-0.05, 0) is 31.4 Å². The van der Waals surface area contributed by atoms with E-state index < -0.39 is 0 Å². The predicted molar refractivity (Wildman–Crippen MR) is 73.4 cm³/mol. The second-order valence-corrected chi connectivity index (χ2v) is 5.46. The van der Waals surface area contributed by atoms with E-state index in [1.165, 1.54) is 6.42 Å². The number of nitrogens with one attached hydrogen (secondary N) is 1. The van der Waals surface area contributed by atoms with Crippen LogP contribution in [0.25, 0.3) is 11.0 Å². The zero-order valence-electron chi connectivity index (χ0n) is 9.88. The SMILES string of the molecule is Clc1cc2nc(CCC3CCCO3)[nH]c2cc1Cl. The van der Waals surface area contributed by atoms with E-state index in [-0.39, 0.29) is 0 Å². The maximum Gasteiger partial charge on any atom is 0.107 e. The number of imidazole rings is 1. The number of H-pyrrole nitrogens is 1. The number of hydrogen-bond donors (Lipinski definition) is 1. The molecule has 1 aliphatic heterocycles. The van der Waals surface area contributed by atoms with Crippen molar-refractivity contribution in [3.05, 3.63) is 28.0 Å². The van der Waals surface area contributed by atoms with Crippen molar-refractivity contribution in [1.29, 1.82) is 0 Å². The van der Waals surface area contributed by atoms with Crippen molar-refractivity contribution in [2.24, 2.45) is 0 Å². The van der Waals surface area contributed by atoms with Crippen LogP contribution in [0.15, 0.2) is 12.1 Å². The van der Waals surface area contributed by atoms with E-state index in [4.69, 9.17) is 27.9 Å². The van der Waals surface area contributed by atoms with Gasteiger partial charge in [0.15, 0.2) is 0 Å². The van der Waals surface area contributed by atoms with Gasteiger partial charge in [-0.15, -0.1) is 0 Å². The fraction of sp³-hybridized carbons (Fsp3) is 0.462. The average molecular weight is 285 g/mol. The quantitative estimate of drug-likeness (QED) is 0.926. The van der Waals surface area contributed by atoms with Crippen molar-refractivity contribution in [2.75, 3.05) is 6.61 Å². The molecule has 2 heterocycles. The minimum Gasteiger partial charge on any atom is -0.378 e. The first-order chi connectivity index (χ1) is 8.72. The zero-order chi connectivity index (χ0) is 12.5. The number of fused-ring (bicyclic) bond motifs is 1. The van der Waals surface area contributed by atoms with Crippen molar-refractivity contribution < 1.29 is 4.74 Å². The first-order valence-corrected chi connectivity index (χ1v) is 6.93. The van der Waals surface area contributed by atoms with Crippen LogP contribution >= 0.6 is 23.2 Å². The van der Waals surface area contributed by atoms with Crippen molar-refractivity contribution in [3.8, 4) is 0 Å². The molecule has 0 amide bonds. The molecule has 0 bridgehead atoms. The highest BCUT2D eigenvalue weighted by Gasteiger charge is 2.16. The molecule has 96 valence electrons. The number of benzene rings is 1. The Morgan fingerprint density at radius 1 is 1.33 bits per heavy atom. The Hall–Kier alpha value is -0.770. The van der Waals surface area contributed by atoms with Gasteiger partial charge in [-0.3, -0.25) is 0 Å². The lowest BCUT2D eigenvalue weighted by molar-refractivity contribution is 0.104. The minimum atomic E-state index is 0.394. The fourth-order valence-electron chi connectivity index (χ4n) is 2.35. The summed E-state index contributed by atoms with van der Waals surface area (Å²) in [5, 5.41) is 1.10. The smallest absolute Gasteiger partial charge is 0.107 e. The van der Waals surface area contributed by atoms with Gasteiger partial charge in [0.2, 0.25) is 0 Å². The summed E-state index contributed by atoms with van der Waals surface area (Å²) < 4.78 is 5.60.